The minimum absolute atomic E-state index is 0.235. The number of likely N-dealkylation sites (N-methyl/N-ethyl adjacent to an activating group) is 1. The molecule has 1 amide bonds. The van der Waals surface area contributed by atoms with Crippen LogP contribution in [0.5, 0.6) is 0 Å². The summed E-state index contributed by atoms with van der Waals surface area (Å²) >= 11 is 0. The Morgan fingerprint density at radius 2 is 1.77 bits per heavy atom. The summed E-state index contributed by atoms with van der Waals surface area (Å²) in [5, 5.41) is 3.69. The van der Waals surface area contributed by atoms with E-state index in [0.717, 1.165) is 15.3 Å². The maximum atomic E-state index is 12.4. The molecule has 0 fully saturated rings. The van der Waals surface area contributed by atoms with Crippen LogP contribution in [0.25, 0.3) is 6.08 Å². The number of anilines is 1. The number of benzene rings is 2. The number of aryl methyl sites for hydroxylation is 1. The zero-order valence-corrected chi connectivity index (χ0v) is 17.9. The normalized spacial score (nSPS) is 11.7. The highest BCUT2D eigenvalue weighted by Crippen LogP contribution is 2.13. The first-order valence-corrected chi connectivity index (χ1v) is 10.9. The van der Waals surface area contributed by atoms with Gasteiger partial charge in [-0.1, -0.05) is 30.3 Å². The van der Waals surface area contributed by atoms with Crippen molar-refractivity contribution in [2.24, 2.45) is 7.05 Å². The van der Waals surface area contributed by atoms with Crippen molar-refractivity contribution < 1.29 is 18.0 Å². The van der Waals surface area contributed by atoms with Crippen LogP contribution in [-0.4, -0.2) is 47.6 Å². The molecule has 0 unspecified atom stereocenters. The van der Waals surface area contributed by atoms with Gasteiger partial charge in [-0.05, 0) is 35.9 Å². The van der Waals surface area contributed by atoms with E-state index < -0.39 is 15.9 Å². The van der Waals surface area contributed by atoms with E-state index in [1.54, 1.807) is 72.5 Å². The molecule has 3 aromatic rings. The molecule has 160 valence electrons. The smallest absolute Gasteiger partial charge is 0.239 e. The number of imidazole rings is 1. The average molecular weight is 439 g/mol. The third kappa shape index (κ3) is 5.74. The van der Waals surface area contributed by atoms with Crippen molar-refractivity contribution in [3.63, 3.8) is 0 Å². The number of rotatable bonds is 8. The van der Waals surface area contributed by atoms with Crippen LogP contribution in [0, 0.1) is 0 Å². The Balaban J connectivity index is 1.59. The van der Waals surface area contributed by atoms with Crippen LogP contribution < -0.4 is 5.32 Å². The number of hydrogen-bond donors (Lipinski definition) is 1. The van der Waals surface area contributed by atoms with Crippen LogP contribution in [0.2, 0.25) is 0 Å². The molecule has 1 aromatic heterocycles. The largest absolute Gasteiger partial charge is 0.331 e. The molecule has 0 atom stereocenters. The number of aromatic nitrogens is 2. The molecule has 0 spiro atoms. The minimum atomic E-state index is -3.75. The Kier molecular flexibility index (Phi) is 6.78. The second-order valence-corrected chi connectivity index (χ2v) is 8.76. The third-order valence-corrected chi connectivity index (χ3v) is 5.97. The molecule has 0 aliphatic heterocycles. The molecule has 31 heavy (non-hydrogen) atoms. The Bertz CT molecular complexity index is 1200. The molecular weight excluding hydrogens is 416 g/mol. The van der Waals surface area contributed by atoms with Gasteiger partial charge in [0.1, 0.15) is 0 Å². The number of amides is 1. The van der Waals surface area contributed by atoms with E-state index in [-0.39, 0.29) is 12.3 Å². The van der Waals surface area contributed by atoms with Crippen molar-refractivity contribution in [3.8, 4) is 0 Å². The van der Waals surface area contributed by atoms with E-state index in [1.165, 1.54) is 13.1 Å². The molecule has 0 bridgehead atoms. The Morgan fingerprint density at radius 1 is 1.10 bits per heavy atom. The number of nitrogens with zero attached hydrogens (tertiary/aromatic N) is 3. The fourth-order valence-corrected chi connectivity index (χ4v) is 3.58. The molecule has 3 rings (SSSR count). The molecule has 0 aliphatic carbocycles. The zero-order valence-electron chi connectivity index (χ0n) is 17.1. The second kappa shape index (κ2) is 9.50. The second-order valence-electron chi connectivity index (χ2n) is 6.83. The first-order chi connectivity index (χ1) is 14.8. The van der Waals surface area contributed by atoms with Crippen molar-refractivity contribution >= 4 is 33.5 Å². The monoisotopic (exact) mass is 438 g/mol. The predicted octanol–water partition coefficient (Wildman–Crippen LogP) is 2.52. The van der Waals surface area contributed by atoms with Gasteiger partial charge in [0.15, 0.2) is 5.82 Å². The topological polar surface area (TPSA) is 101 Å². The van der Waals surface area contributed by atoms with Crippen molar-refractivity contribution in [1.82, 2.24) is 13.9 Å². The van der Waals surface area contributed by atoms with E-state index in [9.17, 15) is 18.0 Å². The first kappa shape index (κ1) is 22.1. The Labute approximate surface area is 180 Å². The van der Waals surface area contributed by atoms with Crippen molar-refractivity contribution in [2.45, 2.75) is 0 Å². The summed E-state index contributed by atoms with van der Waals surface area (Å²) in [6.07, 6.45) is 4.70. The van der Waals surface area contributed by atoms with Gasteiger partial charge in [-0.3, -0.25) is 9.59 Å². The molecule has 2 aromatic carbocycles. The van der Waals surface area contributed by atoms with Gasteiger partial charge in [0.2, 0.25) is 21.7 Å². The van der Waals surface area contributed by atoms with E-state index >= 15 is 0 Å². The summed E-state index contributed by atoms with van der Waals surface area (Å²) in [5.74, 6) is -0.420. The van der Waals surface area contributed by atoms with Crippen molar-refractivity contribution in [1.29, 1.82) is 0 Å². The van der Waals surface area contributed by atoms with Crippen molar-refractivity contribution in [3.05, 3.63) is 89.4 Å². The van der Waals surface area contributed by atoms with Crippen LogP contribution in [0.1, 0.15) is 21.7 Å². The van der Waals surface area contributed by atoms with Gasteiger partial charge in [-0.25, -0.2) is 13.4 Å². The van der Waals surface area contributed by atoms with Crippen LogP contribution in [-0.2, 0) is 21.9 Å². The van der Waals surface area contributed by atoms with Gasteiger partial charge >= 0.3 is 0 Å². The quantitative estimate of drug-likeness (QED) is 0.545. The van der Waals surface area contributed by atoms with Crippen LogP contribution in [0.4, 0.5) is 5.69 Å². The number of sulfonamides is 1. The van der Waals surface area contributed by atoms with Gasteiger partial charge < -0.3 is 9.88 Å². The Morgan fingerprint density at radius 3 is 2.39 bits per heavy atom. The van der Waals surface area contributed by atoms with Crippen LogP contribution in [0.15, 0.2) is 72.4 Å². The van der Waals surface area contributed by atoms with Gasteiger partial charge in [0.05, 0.1) is 6.54 Å². The van der Waals surface area contributed by atoms with Gasteiger partial charge in [-0.15, -0.1) is 0 Å². The molecule has 8 nitrogen and oxygen atoms in total. The van der Waals surface area contributed by atoms with Crippen molar-refractivity contribution in [2.75, 3.05) is 18.9 Å². The standard InChI is InChI=1S/C22H22N4O4S/c1-25-14-13-23-22(25)21(28)18-8-10-19(11-9-18)24-20(27)16-26(2)31(29,30)15-12-17-6-4-3-5-7-17/h3-15H,16H2,1-2H3,(H,24,27)/b15-12+. The summed E-state index contributed by atoms with van der Waals surface area (Å²) in [4.78, 5) is 28.7. The van der Waals surface area contributed by atoms with E-state index in [1.807, 2.05) is 6.07 Å². The minimum Gasteiger partial charge on any atom is -0.331 e. The van der Waals surface area contributed by atoms with Gasteiger partial charge in [0, 0.05) is 43.1 Å². The van der Waals surface area contributed by atoms with Crippen LogP contribution in [0.3, 0.4) is 0 Å². The fraction of sp³-hybridized carbons (Fsp3) is 0.136. The highest BCUT2D eigenvalue weighted by Gasteiger charge is 2.18. The molecule has 9 heteroatoms. The van der Waals surface area contributed by atoms with E-state index in [4.69, 9.17) is 0 Å². The highest BCUT2D eigenvalue weighted by molar-refractivity contribution is 7.92. The van der Waals surface area contributed by atoms with E-state index in [0.29, 0.717) is 17.1 Å². The lowest BCUT2D eigenvalue weighted by atomic mass is 10.1. The Hall–Kier alpha value is -3.56. The lowest BCUT2D eigenvalue weighted by molar-refractivity contribution is -0.116. The summed E-state index contributed by atoms with van der Waals surface area (Å²) in [5.41, 5.74) is 1.62. The highest BCUT2D eigenvalue weighted by atomic mass is 32.2. The predicted molar refractivity (Wildman–Crippen MR) is 119 cm³/mol. The fourth-order valence-electron chi connectivity index (χ4n) is 2.74. The lowest BCUT2D eigenvalue weighted by Crippen LogP contribution is -2.33. The molecule has 1 heterocycles. The number of carbonyl (C=O) groups excluding carboxylic acids is 2. The molecule has 0 radical (unpaired) electrons. The summed E-state index contributed by atoms with van der Waals surface area (Å²) in [7, 11) is -0.692. The number of ketones is 1. The number of carbonyl (C=O) groups is 2. The number of hydrogen-bond acceptors (Lipinski definition) is 5. The van der Waals surface area contributed by atoms with Gasteiger partial charge in [0.25, 0.3) is 0 Å². The van der Waals surface area contributed by atoms with Crippen LogP contribution >= 0.6 is 0 Å². The summed E-state index contributed by atoms with van der Waals surface area (Å²) in [6, 6.07) is 15.3. The summed E-state index contributed by atoms with van der Waals surface area (Å²) < 4.78 is 27.3. The third-order valence-electron chi connectivity index (χ3n) is 4.49. The summed E-state index contributed by atoms with van der Waals surface area (Å²) in [6.45, 7) is -0.352. The average Bonchev–Trinajstić information content (AvgIpc) is 3.19. The molecule has 1 N–H and O–H groups in total. The molecule has 0 saturated carbocycles. The van der Waals surface area contributed by atoms with E-state index in [2.05, 4.69) is 10.3 Å². The first-order valence-electron chi connectivity index (χ1n) is 9.38. The molecule has 0 aliphatic rings. The number of nitrogens with one attached hydrogen (secondary N) is 1. The zero-order chi connectivity index (χ0) is 22.4. The maximum absolute atomic E-state index is 12.4. The molecular formula is C22H22N4O4S. The lowest BCUT2D eigenvalue weighted by Gasteiger charge is -2.14. The molecule has 0 saturated heterocycles. The van der Waals surface area contributed by atoms with Gasteiger partial charge in [-0.2, -0.15) is 4.31 Å². The maximum Gasteiger partial charge on any atom is 0.239 e. The SMILES string of the molecule is CN(CC(=O)Nc1ccc(C(=O)c2nccn2C)cc1)S(=O)(=O)/C=C/c1ccccc1.